The molecule has 19 heavy (non-hydrogen) atoms. The van der Waals surface area contributed by atoms with Crippen molar-refractivity contribution < 1.29 is 14.9 Å². The number of para-hydroxylation sites is 1. The van der Waals surface area contributed by atoms with Gasteiger partial charge in [0.2, 0.25) is 0 Å². The lowest BCUT2D eigenvalue weighted by molar-refractivity contribution is 0.399. The number of hydrogen-bond donors (Lipinski definition) is 3. The summed E-state index contributed by atoms with van der Waals surface area (Å²) in [5, 5.41) is 16.4. The van der Waals surface area contributed by atoms with Crippen LogP contribution in [0.25, 0.3) is 0 Å². The molecular formula is C14H17NO3S. The monoisotopic (exact) mass is 279 g/mol. The van der Waals surface area contributed by atoms with E-state index in [0.717, 1.165) is 22.7 Å². The summed E-state index contributed by atoms with van der Waals surface area (Å²) in [6.07, 6.45) is 0. The van der Waals surface area contributed by atoms with Gasteiger partial charge in [0.1, 0.15) is 11.5 Å². The molecule has 0 bridgehead atoms. The van der Waals surface area contributed by atoms with Crippen molar-refractivity contribution in [3.05, 3.63) is 42.5 Å². The number of aliphatic hydroxyl groups excluding tert-OH is 1. The molecule has 5 heteroatoms. The molecule has 0 fully saturated rings. The van der Waals surface area contributed by atoms with Crippen molar-refractivity contribution in [1.29, 1.82) is 0 Å². The predicted molar refractivity (Wildman–Crippen MR) is 77.8 cm³/mol. The maximum atomic E-state index is 9.35. The van der Waals surface area contributed by atoms with Crippen LogP contribution in [0.4, 0.5) is 5.69 Å². The van der Waals surface area contributed by atoms with Crippen LogP contribution < -0.4 is 10.5 Å². The Kier molecular flexibility index (Phi) is 6.05. The average molecular weight is 279 g/mol. The first-order chi connectivity index (χ1) is 9.20. The standard InChI is InChI=1S/C13H13NO2S.CH4O/c1-16-12-4-2-3-5-13(12)17-9-6-7-11(15)10(14)8-9;1-2/h2-8,15H,14H2,1H3;2H,1H3. The van der Waals surface area contributed by atoms with E-state index in [9.17, 15) is 5.11 Å². The second-order valence-electron chi connectivity index (χ2n) is 3.47. The van der Waals surface area contributed by atoms with Crippen LogP contribution in [0.2, 0.25) is 0 Å². The number of phenolic OH excluding ortho intramolecular Hbond substituents is 1. The molecule has 0 aliphatic rings. The summed E-state index contributed by atoms with van der Waals surface area (Å²) in [7, 11) is 2.64. The number of benzene rings is 2. The van der Waals surface area contributed by atoms with Gasteiger partial charge in [0, 0.05) is 12.0 Å². The van der Waals surface area contributed by atoms with E-state index in [0.29, 0.717) is 5.69 Å². The van der Waals surface area contributed by atoms with Crippen molar-refractivity contribution in [3.8, 4) is 11.5 Å². The first kappa shape index (κ1) is 15.2. The van der Waals surface area contributed by atoms with E-state index in [4.69, 9.17) is 15.6 Å². The molecule has 0 radical (unpaired) electrons. The molecule has 102 valence electrons. The van der Waals surface area contributed by atoms with Gasteiger partial charge in [0.15, 0.2) is 0 Å². The Hall–Kier alpha value is -1.85. The van der Waals surface area contributed by atoms with E-state index < -0.39 is 0 Å². The molecule has 0 spiro atoms. The minimum atomic E-state index is 0.106. The first-order valence-corrected chi connectivity index (χ1v) is 6.36. The van der Waals surface area contributed by atoms with Crippen molar-refractivity contribution in [2.24, 2.45) is 0 Å². The van der Waals surface area contributed by atoms with Crippen molar-refractivity contribution in [3.63, 3.8) is 0 Å². The maximum Gasteiger partial charge on any atom is 0.138 e. The third-order valence-corrected chi connectivity index (χ3v) is 3.34. The van der Waals surface area contributed by atoms with E-state index in [1.807, 2.05) is 30.3 Å². The molecule has 2 aromatic rings. The van der Waals surface area contributed by atoms with Crippen LogP contribution in [0.1, 0.15) is 0 Å². The van der Waals surface area contributed by atoms with Gasteiger partial charge >= 0.3 is 0 Å². The van der Waals surface area contributed by atoms with Crippen molar-refractivity contribution >= 4 is 17.4 Å². The van der Waals surface area contributed by atoms with Gasteiger partial charge in [-0.05, 0) is 30.3 Å². The Labute approximate surface area is 116 Å². The van der Waals surface area contributed by atoms with Crippen LogP contribution in [0.5, 0.6) is 11.5 Å². The molecular weight excluding hydrogens is 262 g/mol. The van der Waals surface area contributed by atoms with Gasteiger partial charge in [-0.15, -0.1) is 0 Å². The first-order valence-electron chi connectivity index (χ1n) is 5.55. The van der Waals surface area contributed by atoms with Crippen LogP contribution in [0.3, 0.4) is 0 Å². The van der Waals surface area contributed by atoms with Crippen LogP contribution in [0.15, 0.2) is 52.3 Å². The highest BCUT2D eigenvalue weighted by molar-refractivity contribution is 7.99. The number of rotatable bonds is 3. The SMILES string of the molecule is CO.COc1ccccc1Sc1ccc(O)c(N)c1. The van der Waals surface area contributed by atoms with Crippen LogP contribution >= 0.6 is 11.8 Å². The fourth-order valence-corrected chi connectivity index (χ4v) is 2.40. The van der Waals surface area contributed by atoms with Crippen LogP contribution in [-0.2, 0) is 0 Å². The average Bonchev–Trinajstić information content (AvgIpc) is 2.46. The minimum absolute atomic E-state index is 0.106. The molecule has 0 unspecified atom stereocenters. The van der Waals surface area contributed by atoms with Gasteiger partial charge < -0.3 is 20.7 Å². The van der Waals surface area contributed by atoms with Gasteiger partial charge in [0.25, 0.3) is 0 Å². The zero-order chi connectivity index (χ0) is 14.3. The number of methoxy groups -OCH3 is 1. The van der Waals surface area contributed by atoms with Crippen LogP contribution in [-0.4, -0.2) is 24.4 Å². The molecule has 0 atom stereocenters. The minimum Gasteiger partial charge on any atom is -0.506 e. The smallest absolute Gasteiger partial charge is 0.138 e. The number of anilines is 1. The lowest BCUT2D eigenvalue weighted by Gasteiger charge is -2.08. The third-order valence-electron chi connectivity index (χ3n) is 2.30. The van der Waals surface area contributed by atoms with Gasteiger partial charge in [-0.3, -0.25) is 0 Å². The number of hydrogen-bond acceptors (Lipinski definition) is 5. The van der Waals surface area contributed by atoms with Gasteiger partial charge in [-0.25, -0.2) is 0 Å². The number of aliphatic hydroxyl groups is 1. The molecule has 4 nitrogen and oxygen atoms in total. The van der Waals surface area contributed by atoms with E-state index in [-0.39, 0.29) is 5.75 Å². The summed E-state index contributed by atoms with van der Waals surface area (Å²) in [4.78, 5) is 1.98. The van der Waals surface area contributed by atoms with E-state index in [1.165, 1.54) is 0 Å². The number of ether oxygens (including phenoxy) is 1. The van der Waals surface area contributed by atoms with Crippen molar-refractivity contribution in [1.82, 2.24) is 0 Å². The topological polar surface area (TPSA) is 75.7 Å². The predicted octanol–water partition coefficient (Wildman–Crippen LogP) is 2.74. The van der Waals surface area contributed by atoms with Gasteiger partial charge in [-0.2, -0.15) is 0 Å². The molecule has 2 aromatic carbocycles. The summed E-state index contributed by atoms with van der Waals surface area (Å²) in [6.45, 7) is 0. The Morgan fingerprint density at radius 3 is 2.42 bits per heavy atom. The maximum absolute atomic E-state index is 9.35. The molecule has 0 amide bonds. The normalized spacial score (nSPS) is 9.42. The molecule has 0 aliphatic carbocycles. The number of nitrogens with two attached hydrogens (primary N) is 1. The highest BCUT2D eigenvalue weighted by atomic mass is 32.2. The Balaban J connectivity index is 0.000000861. The largest absolute Gasteiger partial charge is 0.506 e. The molecule has 0 saturated carbocycles. The van der Waals surface area contributed by atoms with E-state index in [2.05, 4.69) is 0 Å². The summed E-state index contributed by atoms with van der Waals surface area (Å²) in [6, 6.07) is 12.9. The van der Waals surface area contributed by atoms with Gasteiger partial charge in [-0.1, -0.05) is 23.9 Å². The summed E-state index contributed by atoms with van der Waals surface area (Å²) >= 11 is 1.55. The zero-order valence-electron chi connectivity index (χ0n) is 10.8. The molecule has 2 rings (SSSR count). The highest BCUT2D eigenvalue weighted by Crippen LogP contribution is 2.36. The fraction of sp³-hybridized carbons (Fsp3) is 0.143. The molecule has 0 aliphatic heterocycles. The van der Waals surface area contributed by atoms with E-state index >= 15 is 0 Å². The molecule has 0 aromatic heterocycles. The fourth-order valence-electron chi connectivity index (χ4n) is 1.43. The molecule has 0 saturated heterocycles. The summed E-state index contributed by atoms with van der Waals surface area (Å²) in [5.41, 5.74) is 6.03. The quantitative estimate of drug-likeness (QED) is 0.595. The van der Waals surface area contributed by atoms with Crippen LogP contribution in [0, 0.1) is 0 Å². The second-order valence-corrected chi connectivity index (χ2v) is 4.59. The number of aromatic hydroxyl groups is 1. The Morgan fingerprint density at radius 2 is 1.79 bits per heavy atom. The lowest BCUT2D eigenvalue weighted by Crippen LogP contribution is -1.87. The van der Waals surface area contributed by atoms with E-state index in [1.54, 1.807) is 31.0 Å². The lowest BCUT2D eigenvalue weighted by atomic mass is 10.3. The van der Waals surface area contributed by atoms with Gasteiger partial charge in [0.05, 0.1) is 17.7 Å². The zero-order valence-corrected chi connectivity index (χ0v) is 11.6. The Bertz CT molecular complexity index is 532. The number of phenols is 1. The second kappa shape index (κ2) is 7.56. The summed E-state index contributed by atoms with van der Waals surface area (Å²) in [5.74, 6) is 0.929. The number of nitrogen functional groups attached to an aromatic ring is 1. The third kappa shape index (κ3) is 4.08. The van der Waals surface area contributed by atoms with Crippen molar-refractivity contribution in [2.75, 3.05) is 20.0 Å². The Morgan fingerprint density at radius 1 is 1.11 bits per heavy atom. The summed E-state index contributed by atoms with van der Waals surface area (Å²) < 4.78 is 5.27. The van der Waals surface area contributed by atoms with Crippen molar-refractivity contribution in [2.45, 2.75) is 9.79 Å². The molecule has 4 N–H and O–H groups in total. The highest BCUT2D eigenvalue weighted by Gasteiger charge is 2.05. The molecule has 0 heterocycles.